The smallest absolute Gasteiger partial charge is 0.138 e. The molecule has 0 aliphatic heterocycles. The minimum absolute atomic E-state index is 0.281. The first kappa shape index (κ1) is 18.0. The van der Waals surface area contributed by atoms with Crippen molar-refractivity contribution in [3.05, 3.63) is 58.6 Å². The quantitative estimate of drug-likeness (QED) is 0.548. The number of hydrogen-bond donors (Lipinski definition) is 0. The molecule has 0 saturated heterocycles. The molecule has 6 heteroatoms. The Bertz CT molecular complexity index is 1100. The second-order valence-corrected chi connectivity index (χ2v) is 10.2. The summed E-state index contributed by atoms with van der Waals surface area (Å²) in [5, 5.41) is 17.1. The molecule has 5 nitrogen and oxygen atoms in total. The molecule has 0 atom stereocenters. The first-order valence-electron chi connectivity index (χ1n) is 10.7. The molecule has 150 valence electrons. The van der Waals surface area contributed by atoms with Crippen molar-refractivity contribution in [1.82, 2.24) is 19.7 Å². The van der Waals surface area contributed by atoms with E-state index in [0.717, 1.165) is 34.0 Å². The lowest BCUT2D eigenvalue weighted by Gasteiger charge is -2.56. The zero-order valence-electron chi connectivity index (χ0n) is 16.7. The number of hydrogen-bond acceptors (Lipinski definition) is 5. The van der Waals surface area contributed by atoms with Gasteiger partial charge in [0.1, 0.15) is 23.7 Å². The average molecular weight is 414 g/mol. The molecule has 3 aromatic rings. The van der Waals surface area contributed by atoms with Crippen LogP contribution in [0.1, 0.15) is 54.8 Å². The van der Waals surface area contributed by atoms with Crippen LogP contribution in [-0.2, 0) is 5.41 Å². The highest BCUT2D eigenvalue weighted by molar-refractivity contribution is 7.11. The van der Waals surface area contributed by atoms with Gasteiger partial charge in [0, 0.05) is 10.8 Å². The van der Waals surface area contributed by atoms with E-state index in [2.05, 4.69) is 21.5 Å². The highest BCUT2D eigenvalue weighted by atomic mass is 32.1. The molecule has 4 bridgehead atoms. The van der Waals surface area contributed by atoms with Gasteiger partial charge in [-0.2, -0.15) is 10.4 Å². The molecule has 7 rings (SSSR count). The van der Waals surface area contributed by atoms with Crippen molar-refractivity contribution >= 4 is 23.0 Å². The predicted molar refractivity (Wildman–Crippen MR) is 117 cm³/mol. The van der Waals surface area contributed by atoms with E-state index in [1.165, 1.54) is 50.5 Å². The molecular weight excluding hydrogens is 390 g/mol. The standard InChI is InChI=1S/C24H23N5S/c25-12-20(8-16-1-3-21(4-2-16)29-15-26-14-27-29)23-28-22(13-30-23)24-9-17-5-18(10-24)7-19(6-17)11-24/h1-4,8,13-15,17-19H,5-7,9-11H2/b20-8+. The molecule has 4 aliphatic rings. The first-order valence-corrected chi connectivity index (χ1v) is 11.6. The van der Waals surface area contributed by atoms with Gasteiger partial charge in [-0.1, -0.05) is 12.1 Å². The third-order valence-electron chi connectivity index (χ3n) is 7.32. The van der Waals surface area contributed by atoms with Crippen LogP contribution < -0.4 is 0 Å². The molecule has 0 radical (unpaired) electrons. The van der Waals surface area contributed by atoms with E-state index in [9.17, 15) is 5.26 Å². The number of thiazole rings is 1. The van der Waals surface area contributed by atoms with Crippen molar-refractivity contribution in [3.63, 3.8) is 0 Å². The molecule has 30 heavy (non-hydrogen) atoms. The number of nitriles is 1. The summed E-state index contributed by atoms with van der Waals surface area (Å²) >= 11 is 1.63. The molecule has 0 amide bonds. The molecule has 0 unspecified atom stereocenters. The van der Waals surface area contributed by atoms with Crippen LogP contribution in [0.4, 0.5) is 0 Å². The van der Waals surface area contributed by atoms with Crippen molar-refractivity contribution in [2.24, 2.45) is 17.8 Å². The van der Waals surface area contributed by atoms with Crippen molar-refractivity contribution in [2.45, 2.75) is 43.9 Å². The minimum Gasteiger partial charge on any atom is -0.240 e. The fourth-order valence-corrected chi connectivity index (χ4v) is 7.35. The summed E-state index contributed by atoms with van der Waals surface area (Å²) in [7, 11) is 0. The van der Waals surface area contributed by atoms with Crippen molar-refractivity contribution in [3.8, 4) is 11.8 Å². The van der Waals surface area contributed by atoms with E-state index in [-0.39, 0.29) is 5.41 Å². The normalized spacial score (nSPS) is 29.8. The summed E-state index contributed by atoms with van der Waals surface area (Å²) in [5.41, 5.74) is 4.11. The molecule has 4 fully saturated rings. The maximum Gasteiger partial charge on any atom is 0.138 e. The second-order valence-electron chi connectivity index (χ2n) is 9.34. The Labute approximate surface area is 180 Å². The van der Waals surface area contributed by atoms with Gasteiger partial charge in [0.15, 0.2) is 0 Å². The molecule has 4 aliphatic carbocycles. The van der Waals surface area contributed by atoms with E-state index >= 15 is 0 Å². The highest BCUT2D eigenvalue weighted by Crippen LogP contribution is 2.60. The molecule has 2 aromatic heterocycles. The predicted octanol–water partition coefficient (Wildman–Crippen LogP) is 5.26. The molecule has 1 aromatic carbocycles. The summed E-state index contributed by atoms with van der Waals surface area (Å²) in [5.74, 6) is 2.70. The summed E-state index contributed by atoms with van der Waals surface area (Å²) in [4.78, 5) is 9.01. The van der Waals surface area contributed by atoms with Gasteiger partial charge in [-0.05, 0) is 80.1 Å². The Balaban J connectivity index is 1.28. The van der Waals surface area contributed by atoms with Crippen molar-refractivity contribution in [2.75, 3.05) is 0 Å². The lowest BCUT2D eigenvalue weighted by atomic mass is 9.49. The van der Waals surface area contributed by atoms with E-state index in [4.69, 9.17) is 4.98 Å². The van der Waals surface area contributed by atoms with E-state index in [1.807, 2.05) is 30.3 Å². The Morgan fingerprint density at radius 1 is 1.10 bits per heavy atom. The van der Waals surface area contributed by atoms with Gasteiger partial charge < -0.3 is 0 Å². The van der Waals surface area contributed by atoms with Gasteiger partial charge >= 0.3 is 0 Å². The van der Waals surface area contributed by atoms with Crippen LogP contribution in [0, 0.1) is 29.1 Å². The lowest BCUT2D eigenvalue weighted by molar-refractivity contribution is -0.00694. The fourth-order valence-electron chi connectivity index (χ4n) is 6.44. The molecule has 2 heterocycles. The third kappa shape index (κ3) is 3.00. The van der Waals surface area contributed by atoms with Gasteiger partial charge in [-0.25, -0.2) is 14.6 Å². The van der Waals surface area contributed by atoms with Crippen LogP contribution in [-0.4, -0.2) is 19.7 Å². The zero-order valence-corrected chi connectivity index (χ0v) is 17.6. The van der Waals surface area contributed by atoms with Crippen LogP contribution >= 0.6 is 11.3 Å². The third-order valence-corrected chi connectivity index (χ3v) is 8.20. The lowest BCUT2D eigenvalue weighted by Crippen LogP contribution is -2.48. The van der Waals surface area contributed by atoms with E-state index in [1.54, 1.807) is 22.3 Å². The monoisotopic (exact) mass is 413 g/mol. The van der Waals surface area contributed by atoms with Gasteiger partial charge in [0.2, 0.25) is 0 Å². The SMILES string of the molecule is N#C/C(=C\c1ccc(-n2cncn2)cc1)c1nc(C23CC4CC(CC(C4)C2)C3)cs1. The Kier molecular flexibility index (Phi) is 4.14. The Morgan fingerprint density at radius 2 is 1.80 bits per heavy atom. The van der Waals surface area contributed by atoms with Crippen LogP contribution in [0.5, 0.6) is 0 Å². The first-order chi connectivity index (χ1) is 14.7. The van der Waals surface area contributed by atoms with Gasteiger partial charge in [0.25, 0.3) is 0 Å². The van der Waals surface area contributed by atoms with E-state index < -0.39 is 0 Å². The minimum atomic E-state index is 0.281. The number of rotatable bonds is 4. The molecular formula is C24H23N5S. The fraction of sp³-hybridized carbons (Fsp3) is 0.417. The number of allylic oxidation sites excluding steroid dienone is 1. The Hall–Kier alpha value is -2.78. The van der Waals surface area contributed by atoms with Gasteiger partial charge in [0.05, 0.1) is 17.0 Å². The van der Waals surface area contributed by atoms with Crippen LogP contribution in [0.3, 0.4) is 0 Å². The summed E-state index contributed by atoms with van der Waals surface area (Å²) in [6, 6.07) is 10.4. The average Bonchev–Trinajstić information content (AvgIpc) is 3.44. The maximum absolute atomic E-state index is 9.81. The van der Waals surface area contributed by atoms with Crippen LogP contribution in [0.2, 0.25) is 0 Å². The van der Waals surface area contributed by atoms with Crippen LogP contribution in [0.15, 0.2) is 42.3 Å². The number of nitrogens with zero attached hydrogens (tertiary/aromatic N) is 5. The van der Waals surface area contributed by atoms with Crippen molar-refractivity contribution in [1.29, 1.82) is 5.26 Å². The van der Waals surface area contributed by atoms with Gasteiger partial charge in [-0.3, -0.25) is 0 Å². The summed E-state index contributed by atoms with van der Waals surface area (Å²) in [6.07, 6.45) is 13.3. The second kappa shape index (κ2) is 6.88. The summed E-state index contributed by atoms with van der Waals surface area (Å²) < 4.78 is 1.72. The Morgan fingerprint density at radius 3 is 2.40 bits per heavy atom. The number of benzene rings is 1. The largest absolute Gasteiger partial charge is 0.240 e. The zero-order chi connectivity index (χ0) is 20.1. The topological polar surface area (TPSA) is 67.4 Å². The summed E-state index contributed by atoms with van der Waals surface area (Å²) in [6.45, 7) is 0. The van der Waals surface area contributed by atoms with Gasteiger partial charge in [-0.15, -0.1) is 11.3 Å². The molecule has 0 N–H and O–H groups in total. The maximum atomic E-state index is 9.81. The van der Waals surface area contributed by atoms with Crippen molar-refractivity contribution < 1.29 is 0 Å². The highest BCUT2D eigenvalue weighted by Gasteiger charge is 2.52. The van der Waals surface area contributed by atoms with Crippen LogP contribution in [0.25, 0.3) is 17.3 Å². The van der Waals surface area contributed by atoms with E-state index in [0.29, 0.717) is 5.57 Å². The molecule has 0 spiro atoms. The molecule has 4 saturated carbocycles. The number of aromatic nitrogens is 4.